The van der Waals surface area contributed by atoms with Crippen LogP contribution in [0.15, 0.2) is 30.5 Å². The van der Waals surface area contributed by atoms with Crippen LogP contribution in [0.1, 0.15) is 12.6 Å². The first-order valence-electron chi connectivity index (χ1n) is 4.70. The molecule has 15 heavy (non-hydrogen) atoms. The molecule has 78 valence electrons. The Kier molecular flexibility index (Phi) is 2.49. The van der Waals surface area contributed by atoms with E-state index in [2.05, 4.69) is 5.10 Å². The molecule has 2 aromatic rings. The van der Waals surface area contributed by atoms with Crippen LogP contribution in [0.2, 0.25) is 0 Å². The van der Waals surface area contributed by atoms with Gasteiger partial charge in [-0.15, -0.1) is 0 Å². The third kappa shape index (κ3) is 1.88. The van der Waals surface area contributed by atoms with E-state index in [1.807, 2.05) is 6.92 Å². The molecule has 0 aliphatic heterocycles. The minimum atomic E-state index is -0.332. The third-order valence-corrected chi connectivity index (χ3v) is 2.17. The highest BCUT2D eigenvalue weighted by atomic mass is 19.1. The lowest BCUT2D eigenvalue weighted by Gasteiger charge is -1.99. The number of aryl methyl sites for hydroxylation is 1. The van der Waals surface area contributed by atoms with Crippen LogP contribution in [-0.2, 0) is 6.42 Å². The molecule has 0 atom stereocenters. The maximum atomic E-state index is 13.2. The zero-order valence-corrected chi connectivity index (χ0v) is 8.24. The fourth-order valence-corrected chi connectivity index (χ4v) is 1.35. The summed E-state index contributed by atoms with van der Waals surface area (Å²) >= 11 is 0. The van der Waals surface area contributed by atoms with Gasteiger partial charge in [0.2, 0.25) is 0 Å². The van der Waals surface area contributed by atoms with Crippen LogP contribution >= 0.6 is 0 Å². The molecule has 0 saturated heterocycles. The molecule has 0 N–H and O–H groups in total. The Morgan fingerprint density at radius 3 is 2.40 bits per heavy atom. The highest BCUT2D eigenvalue weighted by Gasteiger charge is 2.07. The molecule has 0 bridgehead atoms. The Morgan fingerprint density at radius 1 is 1.20 bits per heavy atom. The monoisotopic (exact) mass is 208 g/mol. The molecule has 0 saturated carbocycles. The van der Waals surface area contributed by atoms with Crippen molar-refractivity contribution < 1.29 is 8.78 Å². The quantitative estimate of drug-likeness (QED) is 0.742. The van der Waals surface area contributed by atoms with Gasteiger partial charge in [0, 0.05) is 0 Å². The largest absolute Gasteiger partial charge is 0.238 e. The summed E-state index contributed by atoms with van der Waals surface area (Å²) in [7, 11) is 0. The first-order chi connectivity index (χ1) is 7.20. The smallest absolute Gasteiger partial charge is 0.164 e. The molecule has 1 aromatic carbocycles. The second-order valence-electron chi connectivity index (χ2n) is 3.20. The summed E-state index contributed by atoms with van der Waals surface area (Å²) in [6.07, 6.45) is 1.84. The van der Waals surface area contributed by atoms with Crippen LogP contribution in [0.5, 0.6) is 0 Å². The van der Waals surface area contributed by atoms with Gasteiger partial charge in [0.15, 0.2) is 5.82 Å². The normalized spacial score (nSPS) is 10.6. The average Bonchev–Trinajstić information content (AvgIpc) is 2.61. The Balaban J connectivity index is 2.41. The van der Waals surface area contributed by atoms with Gasteiger partial charge < -0.3 is 0 Å². The molecule has 4 heteroatoms. The minimum Gasteiger partial charge on any atom is -0.238 e. The number of nitrogens with zero attached hydrogens (tertiary/aromatic N) is 2. The molecule has 0 aliphatic rings. The summed E-state index contributed by atoms with van der Waals surface area (Å²) in [4.78, 5) is 0. The lowest BCUT2D eigenvalue weighted by molar-refractivity contribution is 0.612. The predicted octanol–water partition coefficient (Wildman–Crippen LogP) is 2.71. The van der Waals surface area contributed by atoms with Crippen LogP contribution < -0.4 is 0 Å². The lowest BCUT2D eigenvalue weighted by atomic mass is 10.3. The Labute approximate surface area is 86.2 Å². The minimum absolute atomic E-state index is 0.318. The number of hydrogen-bond donors (Lipinski definition) is 0. The standard InChI is InChI=1S/C11H10F2N2/c1-2-11-10(13)7-15(14-11)9-5-3-8(12)4-6-9/h3-7H,2H2,1H3. The highest BCUT2D eigenvalue weighted by Crippen LogP contribution is 2.12. The molecule has 2 nitrogen and oxygen atoms in total. The first kappa shape index (κ1) is 9.83. The number of aromatic nitrogens is 2. The fraction of sp³-hybridized carbons (Fsp3) is 0.182. The van der Waals surface area contributed by atoms with Crippen molar-refractivity contribution >= 4 is 0 Å². The second kappa shape index (κ2) is 3.81. The van der Waals surface area contributed by atoms with Crippen molar-refractivity contribution in [2.45, 2.75) is 13.3 Å². The van der Waals surface area contributed by atoms with E-state index in [1.54, 1.807) is 12.1 Å². The summed E-state index contributed by atoms with van der Waals surface area (Å²) in [5.74, 6) is -0.649. The molecule has 0 unspecified atom stereocenters. The van der Waals surface area contributed by atoms with Gasteiger partial charge in [0.05, 0.1) is 17.6 Å². The van der Waals surface area contributed by atoms with Crippen molar-refractivity contribution in [3.05, 3.63) is 47.8 Å². The summed E-state index contributed by atoms with van der Waals surface area (Å²) in [6, 6.07) is 5.75. The van der Waals surface area contributed by atoms with Gasteiger partial charge in [-0.2, -0.15) is 5.10 Å². The van der Waals surface area contributed by atoms with Crippen molar-refractivity contribution in [2.24, 2.45) is 0 Å². The number of rotatable bonds is 2. The maximum absolute atomic E-state index is 13.2. The van der Waals surface area contributed by atoms with Crippen molar-refractivity contribution in [1.82, 2.24) is 9.78 Å². The molecule has 1 aromatic heterocycles. The molecular formula is C11H10F2N2. The first-order valence-corrected chi connectivity index (χ1v) is 4.70. The topological polar surface area (TPSA) is 17.8 Å². The summed E-state index contributed by atoms with van der Waals surface area (Å²) in [5, 5.41) is 4.05. The molecule has 0 aliphatic carbocycles. The van der Waals surface area contributed by atoms with Gasteiger partial charge in [0.25, 0.3) is 0 Å². The van der Waals surface area contributed by atoms with E-state index in [9.17, 15) is 8.78 Å². The van der Waals surface area contributed by atoms with Crippen molar-refractivity contribution in [3.63, 3.8) is 0 Å². The summed E-state index contributed by atoms with van der Waals surface area (Å²) in [6.45, 7) is 1.83. The van der Waals surface area contributed by atoms with Gasteiger partial charge in [-0.25, -0.2) is 13.5 Å². The van der Waals surface area contributed by atoms with Crippen LogP contribution in [0, 0.1) is 11.6 Å². The van der Waals surface area contributed by atoms with E-state index in [4.69, 9.17) is 0 Å². The SMILES string of the molecule is CCc1nn(-c2ccc(F)cc2)cc1F. The maximum Gasteiger partial charge on any atom is 0.164 e. The van der Waals surface area contributed by atoms with Gasteiger partial charge >= 0.3 is 0 Å². The Morgan fingerprint density at radius 2 is 1.87 bits per heavy atom. The molecule has 0 radical (unpaired) electrons. The predicted molar refractivity (Wildman–Crippen MR) is 52.9 cm³/mol. The van der Waals surface area contributed by atoms with E-state index < -0.39 is 0 Å². The molecule has 1 heterocycles. The molecule has 0 fully saturated rings. The molecule has 0 spiro atoms. The highest BCUT2D eigenvalue weighted by molar-refractivity contribution is 5.31. The van der Waals surface area contributed by atoms with E-state index in [-0.39, 0.29) is 11.6 Å². The van der Waals surface area contributed by atoms with Gasteiger partial charge in [0.1, 0.15) is 5.82 Å². The molecule has 0 amide bonds. The van der Waals surface area contributed by atoms with Crippen LogP contribution in [-0.4, -0.2) is 9.78 Å². The Hall–Kier alpha value is -1.71. The van der Waals surface area contributed by atoms with Crippen molar-refractivity contribution in [3.8, 4) is 5.69 Å². The zero-order chi connectivity index (χ0) is 10.8. The van der Waals surface area contributed by atoms with E-state index in [0.29, 0.717) is 17.8 Å². The van der Waals surface area contributed by atoms with E-state index in [0.717, 1.165) is 0 Å². The second-order valence-corrected chi connectivity index (χ2v) is 3.20. The summed E-state index contributed by atoms with van der Waals surface area (Å²) in [5.41, 5.74) is 1.06. The molecule has 2 rings (SSSR count). The number of halogens is 2. The third-order valence-electron chi connectivity index (χ3n) is 2.17. The Bertz CT molecular complexity index is 460. The number of benzene rings is 1. The van der Waals surface area contributed by atoms with Crippen LogP contribution in [0.25, 0.3) is 5.69 Å². The van der Waals surface area contributed by atoms with Crippen LogP contribution in [0.4, 0.5) is 8.78 Å². The van der Waals surface area contributed by atoms with Crippen molar-refractivity contribution in [2.75, 3.05) is 0 Å². The summed E-state index contributed by atoms with van der Waals surface area (Å²) < 4.78 is 27.3. The van der Waals surface area contributed by atoms with Crippen molar-refractivity contribution in [1.29, 1.82) is 0 Å². The number of hydrogen-bond acceptors (Lipinski definition) is 1. The fourth-order valence-electron chi connectivity index (χ4n) is 1.35. The van der Waals surface area contributed by atoms with Crippen LogP contribution in [0.3, 0.4) is 0 Å². The average molecular weight is 208 g/mol. The van der Waals surface area contributed by atoms with Gasteiger partial charge in [-0.05, 0) is 30.7 Å². The lowest BCUT2D eigenvalue weighted by Crippen LogP contribution is -1.95. The van der Waals surface area contributed by atoms with E-state index in [1.165, 1.54) is 23.0 Å². The van der Waals surface area contributed by atoms with Gasteiger partial charge in [-0.3, -0.25) is 0 Å². The zero-order valence-electron chi connectivity index (χ0n) is 8.24. The van der Waals surface area contributed by atoms with E-state index >= 15 is 0 Å². The van der Waals surface area contributed by atoms with Gasteiger partial charge in [-0.1, -0.05) is 6.92 Å². The molecular weight excluding hydrogens is 198 g/mol.